The number of hydrogen-bond acceptors (Lipinski definition) is 1. The fourth-order valence-electron chi connectivity index (χ4n) is 6.87. The van der Waals surface area contributed by atoms with Gasteiger partial charge in [0.05, 0.1) is 5.41 Å². The van der Waals surface area contributed by atoms with Gasteiger partial charge in [0.25, 0.3) is 0 Å². The zero-order chi connectivity index (χ0) is 18.0. The summed E-state index contributed by atoms with van der Waals surface area (Å²) in [6.07, 6.45) is 14.1. The lowest BCUT2D eigenvalue weighted by Crippen LogP contribution is -2.43. The van der Waals surface area contributed by atoms with Gasteiger partial charge in [0.2, 0.25) is 0 Å². The first-order valence-electron chi connectivity index (χ1n) is 11.0. The first kappa shape index (κ1) is 16.1. The van der Waals surface area contributed by atoms with Crippen molar-refractivity contribution in [3.63, 3.8) is 0 Å². The highest BCUT2D eigenvalue weighted by Crippen LogP contribution is 2.57. The number of rotatable bonds is 1. The van der Waals surface area contributed by atoms with E-state index >= 15 is 0 Å². The normalized spacial score (nSPS) is 30.1. The monoisotopic (exact) mass is 356 g/mol. The van der Waals surface area contributed by atoms with Crippen molar-refractivity contribution in [2.24, 2.45) is 5.92 Å². The van der Waals surface area contributed by atoms with E-state index < -0.39 is 0 Å². The van der Waals surface area contributed by atoms with Crippen LogP contribution in [0, 0.1) is 5.92 Å². The van der Waals surface area contributed by atoms with Crippen LogP contribution in [0.4, 0.5) is 0 Å². The Morgan fingerprint density at radius 1 is 1.00 bits per heavy atom. The summed E-state index contributed by atoms with van der Waals surface area (Å²) in [4.78, 5) is 13.3. The van der Waals surface area contributed by atoms with Crippen LogP contribution >= 0.6 is 0 Å². The molecule has 4 aliphatic carbocycles. The fraction of sp³-hybridized carbons (Fsp3) is 0.500. The highest BCUT2D eigenvalue weighted by Gasteiger charge is 2.55. The van der Waals surface area contributed by atoms with Crippen LogP contribution in [0.15, 0.2) is 42.0 Å². The number of benzene rings is 2. The standard InChI is InChI=1S/C26H28O/c27-25-12-10-20-14-19-7-4-8-22(18-5-2-1-3-6-18)23(19)15-24(20)26(25)16-17-9-11-21(26)13-17/h4,7-9,14-15,18,21H,1-3,5-6,10-13,16H2. The van der Waals surface area contributed by atoms with E-state index in [0.29, 0.717) is 17.6 Å². The maximum absolute atomic E-state index is 13.3. The number of allylic oxidation sites excluding steroid dienone is 2. The molecule has 2 bridgehead atoms. The van der Waals surface area contributed by atoms with E-state index in [1.165, 1.54) is 54.0 Å². The summed E-state index contributed by atoms with van der Waals surface area (Å²) in [5.74, 6) is 1.76. The van der Waals surface area contributed by atoms with Crippen LogP contribution in [0.1, 0.15) is 80.4 Å². The molecule has 0 N–H and O–H groups in total. The molecule has 4 aliphatic rings. The van der Waals surface area contributed by atoms with Crippen molar-refractivity contribution >= 4 is 16.6 Å². The second-order valence-electron chi connectivity index (χ2n) is 9.48. The van der Waals surface area contributed by atoms with Crippen LogP contribution in [-0.2, 0) is 16.6 Å². The Morgan fingerprint density at radius 3 is 2.67 bits per heavy atom. The third kappa shape index (κ3) is 2.21. The number of ketones is 1. The van der Waals surface area contributed by atoms with E-state index in [4.69, 9.17) is 0 Å². The number of hydrogen-bond donors (Lipinski definition) is 0. The molecule has 0 aliphatic heterocycles. The lowest BCUT2D eigenvalue weighted by Gasteiger charge is -2.40. The van der Waals surface area contributed by atoms with Crippen molar-refractivity contribution in [3.8, 4) is 0 Å². The molecular formula is C26H28O. The first-order valence-corrected chi connectivity index (χ1v) is 11.0. The summed E-state index contributed by atoms with van der Waals surface area (Å²) in [7, 11) is 0. The van der Waals surface area contributed by atoms with Crippen molar-refractivity contribution in [2.45, 2.75) is 75.5 Å². The molecule has 1 nitrogen and oxygen atoms in total. The minimum Gasteiger partial charge on any atom is -0.299 e. The van der Waals surface area contributed by atoms with Crippen molar-refractivity contribution < 1.29 is 4.79 Å². The molecular weight excluding hydrogens is 328 g/mol. The molecule has 2 atom stereocenters. The molecule has 0 amide bonds. The van der Waals surface area contributed by atoms with Crippen molar-refractivity contribution in [1.29, 1.82) is 0 Å². The largest absolute Gasteiger partial charge is 0.299 e. The SMILES string of the molecule is O=C1CCc2cc3cccc(C4CCCCC4)c3cc2C12CC1=CCC2C1. The van der Waals surface area contributed by atoms with E-state index in [0.717, 1.165) is 32.1 Å². The van der Waals surface area contributed by atoms with Gasteiger partial charge in [-0.1, -0.05) is 55.2 Å². The second-order valence-corrected chi connectivity index (χ2v) is 9.48. The molecule has 6 rings (SSSR count). The molecule has 1 heteroatoms. The van der Waals surface area contributed by atoms with Gasteiger partial charge in [-0.25, -0.2) is 0 Å². The van der Waals surface area contributed by atoms with Gasteiger partial charge in [-0.05, 0) is 83.9 Å². The molecule has 0 saturated heterocycles. The van der Waals surface area contributed by atoms with Gasteiger partial charge in [0.1, 0.15) is 5.78 Å². The average molecular weight is 357 g/mol. The predicted octanol–water partition coefficient (Wildman–Crippen LogP) is 6.38. The second kappa shape index (κ2) is 5.80. The summed E-state index contributed by atoms with van der Waals surface area (Å²) < 4.78 is 0. The fourth-order valence-corrected chi connectivity index (χ4v) is 6.87. The minimum atomic E-state index is -0.189. The maximum Gasteiger partial charge on any atom is 0.144 e. The van der Waals surface area contributed by atoms with Crippen LogP contribution in [0.3, 0.4) is 0 Å². The zero-order valence-electron chi connectivity index (χ0n) is 16.1. The summed E-state index contributed by atoms with van der Waals surface area (Å²) in [6.45, 7) is 0. The molecule has 2 unspecified atom stereocenters. The van der Waals surface area contributed by atoms with Crippen molar-refractivity contribution in [2.75, 3.05) is 0 Å². The van der Waals surface area contributed by atoms with E-state index in [9.17, 15) is 4.79 Å². The molecule has 0 aromatic heterocycles. The number of carbonyl (C=O) groups is 1. The van der Waals surface area contributed by atoms with Crippen LogP contribution in [-0.4, -0.2) is 5.78 Å². The Kier molecular flexibility index (Phi) is 3.46. The first-order chi connectivity index (χ1) is 13.3. The number of aryl methyl sites for hydroxylation is 1. The van der Waals surface area contributed by atoms with E-state index in [1.807, 2.05) is 0 Å². The average Bonchev–Trinajstić information content (AvgIpc) is 3.32. The topological polar surface area (TPSA) is 17.1 Å². The minimum absolute atomic E-state index is 0.189. The third-order valence-corrected chi connectivity index (χ3v) is 8.18. The Labute approximate surface area is 161 Å². The van der Waals surface area contributed by atoms with Gasteiger partial charge in [-0.2, -0.15) is 0 Å². The van der Waals surface area contributed by atoms with Gasteiger partial charge in [-0.3, -0.25) is 4.79 Å². The van der Waals surface area contributed by atoms with E-state index in [-0.39, 0.29) is 5.41 Å². The molecule has 2 saturated carbocycles. The predicted molar refractivity (Wildman–Crippen MR) is 110 cm³/mol. The van der Waals surface area contributed by atoms with Crippen molar-refractivity contribution in [3.05, 3.63) is 58.7 Å². The summed E-state index contributed by atoms with van der Waals surface area (Å²) in [5.41, 5.74) is 5.76. The summed E-state index contributed by atoms with van der Waals surface area (Å²) in [5, 5.41) is 2.83. The van der Waals surface area contributed by atoms with Gasteiger partial charge >= 0.3 is 0 Å². The third-order valence-electron chi connectivity index (χ3n) is 8.18. The van der Waals surface area contributed by atoms with Gasteiger partial charge in [0, 0.05) is 6.42 Å². The molecule has 2 aromatic rings. The summed E-state index contributed by atoms with van der Waals surface area (Å²) in [6, 6.07) is 11.8. The number of carbonyl (C=O) groups excluding carboxylic acids is 1. The van der Waals surface area contributed by atoms with Crippen LogP contribution < -0.4 is 0 Å². The Bertz CT molecular complexity index is 975. The highest BCUT2D eigenvalue weighted by atomic mass is 16.1. The lowest BCUT2D eigenvalue weighted by atomic mass is 9.61. The Balaban J connectivity index is 1.56. The number of Topliss-reactive ketones (excluding diaryl/α,β-unsaturated/α-hetero) is 1. The molecule has 0 radical (unpaired) electrons. The lowest BCUT2D eigenvalue weighted by molar-refractivity contribution is -0.126. The summed E-state index contributed by atoms with van der Waals surface area (Å²) >= 11 is 0. The Hall–Kier alpha value is -1.89. The molecule has 27 heavy (non-hydrogen) atoms. The smallest absolute Gasteiger partial charge is 0.144 e. The van der Waals surface area contributed by atoms with Crippen LogP contribution in [0.5, 0.6) is 0 Å². The number of fused-ring (bicyclic) bond motifs is 6. The molecule has 138 valence electrons. The van der Waals surface area contributed by atoms with Gasteiger partial charge < -0.3 is 0 Å². The quantitative estimate of drug-likeness (QED) is 0.542. The van der Waals surface area contributed by atoms with Gasteiger partial charge in [0.15, 0.2) is 0 Å². The van der Waals surface area contributed by atoms with Crippen LogP contribution in [0.25, 0.3) is 10.8 Å². The van der Waals surface area contributed by atoms with E-state index in [1.54, 1.807) is 11.1 Å². The molecule has 0 heterocycles. The Morgan fingerprint density at radius 2 is 1.89 bits per heavy atom. The van der Waals surface area contributed by atoms with Gasteiger partial charge in [-0.15, -0.1) is 0 Å². The molecule has 1 spiro atoms. The molecule has 2 aromatic carbocycles. The maximum atomic E-state index is 13.3. The highest BCUT2D eigenvalue weighted by molar-refractivity contribution is 5.97. The van der Waals surface area contributed by atoms with E-state index in [2.05, 4.69) is 36.4 Å². The molecule has 2 fully saturated rings. The van der Waals surface area contributed by atoms with Crippen molar-refractivity contribution in [1.82, 2.24) is 0 Å². The van der Waals surface area contributed by atoms with Crippen LogP contribution in [0.2, 0.25) is 0 Å². The zero-order valence-corrected chi connectivity index (χ0v) is 16.1.